The fourth-order valence-corrected chi connectivity index (χ4v) is 6.11. The van der Waals surface area contributed by atoms with E-state index in [0.717, 1.165) is 35.7 Å². The number of carbonyl (C=O) groups excluding carboxylic acids is 1. The number of carbonyl (C=O) groups is 1. The predicted molar refractivity (Wildman–Crippen MR) is 139 cm³/mol. The number of fused-ring (bicyclic) bond motifs is 1. The van der Waals surface area contributed by atoms with E-state index < -0.39 is 10.0 Å². The molecule has 0 radical (unpaired) electrons. The molecule has 35 heavy (non-hydrogen) atoms. The molecule has 2 heterocycles. The minimum atomic E-state index is -3.71. The number of para-hydroxylation sites is 1. The molecule has 1 saturated heterocycles. The van der Waals surface area contributed by atoms with E-state index >= 15 is 0 Å². The van der Waals surface area contributed by atoms with Crippen molar-refractivity contribution in [2.24, 2.45) is 0 Å². The first-order valence-corrected chi connectivity index (χ1v) is 14.0. The number of aryl methyl sites for hydroxylation is 1. The highest BCUT2D eigenvalue weighted by molar-refractivity contribution is 7.99. The van der Waals surface area contributed by atoms with Gasteiger partial charge in [0.25, 0.3) is 5.56 Å². The number of aromatic nitrogens is 2. The second kappa shape index (κ2) is 10.1. The molecule has 8 nitrogen and oxygen atoms in total. The van der Waals surface area contributed by atoms with Crippen LogP contribution in [-0.4, -0.2) is 65.5 Å². The third kappa shape index (κ3) is 5.00. The highest BCUT2D eigenvalue weighted by Gasteiger charge is 2.25. The Kier molecular flexibility index (Phi) is 7.35. The van der Waals surface area contributed by atoms with Crippen LogP contribution in [0.5, 0.6) is 0 Å². The Balaban J connectivity index is 1.82. The smallest absolute Gasteiger partial charge is 0.266 e. The standard InChI is InChI=1S/C25H30N4O4S2/c1-17-12-13-19(35(32,33)27(3)4)15-22(17)29-24(31)20-10-5-6-11-21(20)26-25(29)34-16-23(30)28-14-8-7-9-18(28)2/h5-6,10-13,15,18H,7-9,14,16H2,1-4H3. The van der Waals surface area contributed by atoms with E-state index in [1.54, 1.807) is 24.3 Å². The summed E-state index contributed by atoms with van der Waals surface area (Å²) in [4.78, 5) is 33.4. The number of sulfonamides is 1. The minimum absolute atomic E-state index is 0.0109. The van der Waals surface area contributed by atoms with Crippen molar-refractivity contribution >= 4 is 38.6 Å². The molecule has 3 aromatic rings. The molecule has 2 aromatic carbocycles. The van der Waals surface area contributed by atoms with Crippen molar-refractivity contribution in [3.05, 3.63) is 58.4 Å². The van der Waals surface area contributed by atoms with Gasteiger partial charge in [0, 0.05) is 26.7 Å². The zero-order valence-electron chi connectivity index (χ0n) is 20.4. The van der Waals surface area contributed by atoms with Crippen LogP contribution in [0.2, 0.25) is 0 Å². The van der Waals surface area contributed by atoms with Crippen molar-refractivity contribution in [1.29, 1.82) is 0 Å². The monoisotopic (exact) mass is 514 g/mol. The molecule has 0 spiro atoms. The topological polar surface area (TPSA) is 92.6 Å². The first-order chi connectivity index (χ1) is 16.6. The van der Waals surface area contributed by atoms with Crippen LogP contribution in [0.1, 0.15) is 31.7 Å². The van der Waals surface area contributed by atoms with Gasteiger partial charge in [-0.25, -0.2) is 17.7 Å². The molecule has 1 atom stereocenters. The molecule has 0 bridgehead atoms. The summed E-state index contributed by atoms with van der Waals surface area (Å²) in [5, 5.41) is 0.780. The van der Waals surface area contributed by atoms with Gasteiger partial charge in [-0.15, -0.1) is 0 Å². The molecule has 0 N–H and O–H groups in total. The lowest BCUT2D eigenvalue weighted by molar-refractivity contribution is -0.131. The van der Waals surface area contributed by atoms with Crippen molar-refractivity contribution in [2.75, 3.05) is 26.4 Å². The van der Waals surface area contributed by atoms with E-state index in [1.165, 1.54) is 42.6 Å². The molecule has 1 aliphatic heterocycles. The van der Waals surface area contributed by atoms with Crippen LogP contribution in [0.15, 0.2) is 57.3 Å². The van der Waals surface area contributed by atoms with Crippen LogP contribution in [-0.2, 0) is 14.8 Å². The zero-order chi connectivity index (χ0) is 25.3. The lowest BCUT2D eigenvalue weighted by atomic mass is 10.0. The SMILES string of the molecule is Cc1ccc(S(=O)(=O)N(C)C)cc1-n1c(SCC(=O)N2CCCCC2C)nc2ccccc2c1=O. The lowest BCUT2D eigenvalue weighted by Crippen LogP contribution is -2.43. The summed E-state index contributed by atoms with van der Waals surface area (Å²) in [6.07, 6.45) is 3.10. The number of rotatable bonds is 6. The Morgan fingerprint density at radius 1 is 1.17 bits per heavy atom. The van der Waals surface area contributed by atoms with Crippen molar-refractivity contribution in [3.8, 4) is 5.69 Å². The average molecular weight is 515 g/mol. The fourth-order valence-electron chi connectivity index (χ4n) is 4.30. The summed E-state index contributed by atoms with van der Waals surface area (Å²) in [5.41, 5.74) is 1.38. The van der Waals surface area contributed by atoms with Crippen LogP contribution in [0.25, 0.3) is 16.6 Å². The average Bonchev–Trinajstić information content (AvgIpc) is 2.83. The van der Waals surface area contributed by atoms with E-state index in [4.69, 9.17) is 4.98 Å². The van der Waals surface area contributed by atoms with Gasteiger partial charge in [-0.3, -0.25) is 14.2 Å². The number of likely N-dealkylation sites (tertiary alicyclic amines) is 1. The number of amides is 1. The van der Waals surface area contributed by atoms with Gasteiger partial charge in [0.2, 0.25) is 15.9 Å². The van der Waals surface area contributed by atoms with Crippen LogP contribution < -0.4 is 5.56 Å². The molecule has 0 saturated carbocycles. The van der Waals surface area contributed by atoms with E-state index in [1.807, 2.05) is 17.9 Å². The molecule has 10 heteroatoms. The summed E-state index contributed by atoms with van der Waals surface area (Å²) in [6, 6.07) is 11.9. The first-order valence-electron chi connectivity index (χ1n) is 11.6. The van der Waals surface area contributed by atoms with Crippen molar-refractivity contribution in [3.63, 3.8) is 0 Å². The van der Waals surface area contributed by atoms with Crippen LogP contribution >= 0.6 is 11.8 Å². The van der Waals surface area contributed by atoms with E-state index in [9.17, 15) is 18.0 Å². The van der Waals surface area contributed by atoms with Crippen molar-refractivity contribution < 1.29 is 13.2 Å². The van der Waals surface area contributed by atoms with Gasteiger partial charge in [0.15, 0.2) is 5.16 Å². The fraction of sp³-hybridized carbons (Fsp3) is 0.400. The Morgan fingerprint density at radius 2 is 1.91 bits per heavy atom. The molecule has 1 aliphatic rings. The van der Waals surface area contributed by atoms with Gasteiger partial charge < -0.3 is 4.90 Å². The Morgan fingerprint density at radius 3 is 2.63 bits per heavy atom. The molecular formula is C25H30N4O4S2. The van der Waals surface area contributed by atoms with E-state index in [2.05, 4.69) is 6.92 Å². The molecule has 0 aliphatic carbocycles. The van der Waals surface area contributed by atoms with Gasteiger partial charge >= 0.3 is 0 Å². The summed E-state index contributed by atoms with van der Waals surface area (Å²) in [7, 11) is -0.778. The molecule has 1 aromatic heterocycles. The first kappa shape index (κ1) is 25.4. The summed E-state index contributed by atoms with van der Waals surface area (Å²) in [6.45, 7) is 4.62. The molecule has 1 unspecified atom stereocenters. The maximum absolute atomic E-state index is 13.6. The Bertz CT molecular complexity index is 1430. The van der Waals surface area contributed by atoms with Crippen LogP contribution in [0, 0.1) is 6.92 Å². The summed E-state index contributed by atoms with van der Waals surface area (Å²) in [5.74, 6) is 0.154. The maximum atomic E-state index is 13.6. The lowest BCUT2D eigenvalue weighted by Gasteiger charge is -2.33. The molecule has 1 amide bonds. The highest BCUT2D eigenvalue weighted by atomic mass is 32.2. The number of nitrogens with zero attached hydrogens (tertiary/aromatic N) is 4. The number of hydrogen-bond acceptors (Lipinski definition) is 6. The summed E-state index contributed by atoms with van der Waals surface area (Å²) < 4.78 is 28.2. The maximum Gasteiger partial charge on any atom is 0.266 e. The number of piperidine rings is 1. The van der Waals surface area contributed by atoms with E-state index in [-0.39, 0.29) is 28.2 Å². The van der Waals surface area contributed by atoms with E-state index in [0.29, 0.717) is 21.7 Å². The van der Waals surface area contributed by atoms with Gasteiger partial charge in [0.1, 0.15) is 0 Å². The largest absolute Gasteiger partial charge is 0.339 e. The number of thioether (sulfide) groups is 1. The predicted octanol–water partition coefficient (Wildman–Crippen LogP) is 3.44. The zero-order valence-corrected chi connectivity index (χ0v) is 22.0. The molecular weight excluding hydrogens is 484 g/mol. The normalized spacial score (nSPS) is 16.7. The Hall–Kier alpha value is -2.69. The minimum Gasteiger partial charge on any atom is -0.339 e. The van der Waals surface area contributed by atoms with Gasteiger partial charge in [-0.2, -0.15) is 0 Å². The number of hydrogen-bond donors (Lipinski definition) is 0. The van der Waals surface area contributed by atoms with Crippen LogP contribution in [0.3, 0.4) is 0 Å². The third-order valence-electron chi connectivity index (χ3n) is 6.39. The third-order valence-corrected chi connectivity index (χ3v) is 9.13. The highest BCUT2D eigenvalue weighted by Crippen LogP contribution is 2.27. The van der Waals surface area contributed by atoms with Gasteiger partial charge in [-0.05, 0) is 62.9 Å². The van der Waals surface area contributed by atoms with Gasteiger partial charge in [-0.1, -0.05) is 30.0 Å². The molecule has 4 rings (SSSR count). The molecule has 1 fully saturated rings. The quantitative estimate of drug-likeness (QED) is 0.370. The van der Waals surface area contributed by atoms with Gasteiger partial charge in [0.05, 0.1) is 27.2 Å². The Labute approximate surface area is 210 Å². The second-order valence-electron chi connectivity index (χ2n) is 9.01. The van der Waals surface area contributed by atoms with Crippen LogP contribution in [0.4, 0.5) is 0 Å². The van der Waals surface area contributed by atoms with Crippen molar-refractivity contribution in [1.82, 2.24) is 18.8 Å². The van der Waals surface area contributed by atoms with Crippen molar-refractivity contribution in [2.45, 2.75) is 49.2 Å². The molecule has 186 valence electrons. The second-order valence-corrected chi connectivity index (χ2v) is 12.1. The number of benzene rings is 2. The summed E-state index contributed by atoms with van der Waals surface area (Å²) >= 11 is 1.20.